The lowest BCUT2D eigenvalue weighted by molar-refractivity contribution is -0.151. The van der Waals surface area contributed by atoms with Crippen LogP contribution in [-0.4, -0.2) is 35.0 Å². The van der Waals surface area contributed by atoms with E-state index in [0.717, 1.165) is 19.3 Å². The summed E-state index contributed by atoms with van der Waals surface area (Å²) in [5.41, 5.74) is -0.249. The third kappa shape index (κ3) is 2.45. The highest BCUT2D eigenvalue weighted by atomic mass is 32.2. The molecule has 0 spiro atoms. The molecule has 4 bridgehead atoms. The molecule has 0 aliphatic heterocycles. The molecule has 0 aromatic carbocycles. The van der Waals surface area contributed by atoms with Gasteiger partial charge in [0.25, 0.3) is 0 Å². The van der Waals surface area contributed by atoms with Crippen LogP contribution < -0.4 is 5.32 Å². The van der Waals surface area contributed by atoms with Crippen molar-refractivity contribution in [3.8, 4) is 0 Å². The van der Waals surface area contributed by atoms with Crippen molar-refractivity contribution >= 4 is 23.6 Å². The number of rotatable bonds is 5. The van der Waals surface area contributed by atoms with Gasteiger partial charge in [0.2, 0.25) is 5.91 Å². The SMILES string of the molecule is CSC[C@H](NC(=O)C12CC3CC(CC(C3)C1)C2)C(=O)O. The largest absolute Gasteiger partial charge is 0.480 e. The van der Waals surface area contributed by atoms with Gasteiger partial charge in [0.05, 0.1) is 0 Å². The Balaban J connectivity index is 1.71. The second-order valence-electron chi connectivity index (χ2n) is 7.02. The molecule has 0 heterocycles. The molecule has 4 rings (SSSR count). The number of nitrogens with one attached hydrogen (secondary N) is 1. The fourth-order valence-electron chi connectivity index (χ4n) is 5.04. The average molecular weight is 297 g/mol. The van der Waals surface area contributed by atoms with Crippen molar-refractivity contribution in [2.24, 2.45) is 23.2 Å². The number of hydrogen-bond donors (Lipinski definition) is 2. The quantitative estimate of drug-likeness (QED) is 0.816. The number of carbonyl (C=O) groups is 2. The maximum absolute atomic E-state index is 12.7. The Bertz CT molecular complexity index is 388. The molecule has 0 radical (unpaired) electrons. The smallest absolute Gasteiger partial charge is 0.327 e. The zero-order valence-electron chi connectivity index (χ0n) is 11.9. The van der Waals surface area contributed by atoms with Gasteiger partial charge in [0.15, 0.2) is 0 Å². The fourth-order valence-corrected chi connectivity index (χ4v) is 5.60. The van der Waals surface area contributed by atoms with Crippen LogP contribution in [0.5, 0.6) is 0 Å². The fraction of sp³-hybridized carbons (Fsp3) is 0.867. The monoisotopic (exact) mass is 297 g/mol. The zero-order valence-corrected chi connectivity index (χ0v) is 12.7. The molecule has 4 aliphatic rings. The van der Waals surface area contributed by atoms with Gasteiger partial charge in [0, 0.05) is 11.2 Å². The Morgan fingerprint density at radius 2 is 1.70 bits per heavy atom. The maximum atomic E-state index is 12.7. The molecule has 4 aliphatic carbocycles. The van der Waals surface area contributed by atoms with E-state index in [2.05, 4.69) is 5.32 Å². The normalized spacial score (nSPS) is 39.5. The highest BCUT2D eigenvalue weighted by molar-refractivity contribution is 7.98. The summed E-state index contributed by atoms with van der Waals surface area (Å²) < 4.78 is 0. The molecule has 1 atom stereocenters. The van der Waals surface area contributed by atoms with Crippen molar-refractivity contribution in [2.45, 2.75) is 44.6 Å². The number of amides is 1. The molecule has 112 valence electrons. The third-order valence-corrected chi connectivity index (χ3v) is 6.12. The van der Waals surface area contributed by atoms with Crippen LogP contribution in [0.4, 0.5) is 0 Å². The predicted octanol–water partition coefficient (Wildman–Crippen LogP) is 2.14. The van der Waals surface area contributed by atoms with E-state index in [1.165, 1.54) is 31.0 Å². The van der Waals surface area contributed by atoms with Gasteiger partial charge in [-0.3, -0.25) is 4.79 Å². The van der Waals surface area contributed by atoms with Crippen LogP contribution in [0.2, 0.25) is 0 Å². The first-order chi connectivity index (χ1) is 9.52. The Kier molecular flexibility index (Phi) is 3.73. The number of carbonyl (C=O) groups excluding carboxylic acids is 1. The van der Waals surface area contributed by atoms with E-state index in [4.69, 9.17) is 0 Å². The average Bonchev–Trinajstić information content (AvgIpc) is 2.36. The topological polar surface area (TPSA) is 66.4 Å². The Hall–Kier alpha value is -0.710. The predicted molar refractivity (Wildman–Crippen MR) is 78.6 cm³/mol. The molecule has 4 nitrogen and oxygen atoms in total. The minimum absolute atomic E-state index is 0.0121. The summed E-state index contributed by atoms with van der Waals surface area (Å²) in [6.45, 7) is 0. The first-order valence-corrected chi connectivity index (χ1v) is 8.94. The van der Waals surface area contributed by atoms with Gasteiger partial charge in [0.1, 0.15) is 6.04 Å². The summed E-state index contributed by atoms with van der Waals surface area (Å²) in [5.74, 6) is 1.64. The van der Waals surface area contributed by atoms with Crippen molar-refractivity contribution in [1.82, 2.24) is 5.32 Å². The lowest BCUT2D eigenvalue weighted by Crippen LogP contribution is -2.56. The van der Waals surface area contributed by atoms with Crippen LogP contribution in [0.1, 0.15) is 38.5 Å². The highest BCUT2D eigenvalue weighted by Crippen LogP contribution is 2.60. The van der Waals surface area contributed by atoms with Crippen LogP contribution in [0.15, 0.2) is 0 Å². The van der Waals surface area contributed by atoms with E-state index < -0.39 is 12.0 Å². The Labute approximate surface area is 124 Å². The molecule has 4 saturated carbocycles. The van der Waals surface area contributed by atoms with Crippen molar-refractivity contribution in [3.63, 3.8) is 0 Å². The van der Waals surface area contributed by atoms with Crippen molar-refractivity contribution in [3.05, 3.63) is 0 Å². The molecule has 20 heavy (non-hydrogen) atoms. The van der Waals surface area contributed by atoms with Gasteiger partial charge >= 0.3 is 5.97 Å². The Morgan fingerprint density at radius 1 is 1.20 bits per heavy atom. The molecule has 4 fully saturated rings. The molecular formula is C15H23NO3S. The van der Waals surface area contributed by atoms with E-state index in [0.29, 0.717) is 23.5 Å². The molecular weight excluding hydrogens is 274 g/mol. The summed E-state index contributed by atoms with van der Waals surface area (Å²) in [6.07, 6.45) is 8.69. The number of hydrogen-bond acceptors (Lipinski definition) is 3. The van der Waals surface area contributed by atoms with E-state index >= 15 is 0 Å². The number of aliphatic carboxylic acids is 1. The summed E-state index contributed by atoms with van der Waals surface area (Å²) in [5, 5.41) is 12.0. The molecule has 0 aromatic rings. The molecule has 0 aromatic heterocycles. The van der Waals surface area contributed by atoms with Gasteiger partial charge in [-0.25, -0.2) is 4.79 Å². The van der Waals surface area contributed by atoms with Gasteiger partial charge in [-0.1, -0.05) is 0 Å². The van der Waals surface area contributed by atoms with E-state index in [1.54, 1.807) is 0 Å². The zero-order chi connectivity index (χ0) is 14.3. The van der Waals surface area contributed by atoms with Gasteiger partial charge in [-0.15, -0.1) is 0 Å². The summed E-state index contributed by atoms with van der Waals surface area (Å²) in [7, 11) is 0. The van der Waals surface area contributed by atoms with E-state index in [-0.39, 0.29) is 11.3 Å². The molecule has 2 N–H and O–H groups in total. The van der Waals surface area contributed by atoms with Crippen LogP contribution >= 0.6 is 11.8 Å². The van der Waals surface area contributed by atoms with E-state index in [9.17, 15) is 14.7 Å². The number of thioether (sulfide) groups is 1. The van der Waals surface area contributed by atoms with Crippen molar-refractivity contribution < 1.29 is 14.7 Å². The summed E-state index contributed by atoms with van der Waals surface area (Å²) >= 11 is 1.46. The van der Waals surface area contributed by atoms with Crippen LogP contribution in [-0.2, 0) is 9.59 Å². The second-order valence-corrected chi connectivity index (χ2v) is 7.93. The first-order valence-electron chi connectivity index (χ1n) is 7.55. The molecule has 5 heteroatoms. The van der Waals surface area contributed by atoms with Gasteiger partial charge in [-0.2, -0.15) is 11.8 Å². The van der Waals surface area contributed by atoms with Gasteiger partial charge < -0.3 is 10.4 Å². The highest BCUT2D eigenvalue weighted by Gasteiger charge is 2.54. The first kappa shape index (κ1) is 14.2. The van der Waals surface area contributed by atoms with Gasteiger partial charge in [-0.05, 0) is 62.5 Å². The number of carboxylic acid groups (broad SMARTS) is 1. The third-order valence-electron chi connectivity index (χ3n) is 5.46. The van der Waals surface area contributed by atoms with Crippen LogP contribution in [0.25, 0.3) is 0 Å². The molecule has 0 saturated heterocycles. The minimum atomic E-state index is -0.919. The van der Waals surface area contributed by atoms with Crippen molar-refractivity contribution in [2.75, 3.05) is 12.0 Å². The summed E-state index contributed by atoms with van der Waals surface area (Å²) in [4.78, 5) is 23.9. The maximum Gasteiger partial charge on any atom is 0.327 e. The number of carboxylic acids is 1. The summed E-state index contributed by atoms with van der Waals surface area (Å²) in [6, 6.07) is -0.745. The lowest BCUT2D eigenvalue weighted by Gasteiger charge is -2.55. The minimum Gasteiger partial charge on any atom is -0.480 e. The Morgan fingerprint density at radius 3 is 2.10 bits per heavy atom. The molecule has 1 amide bonds. The standard InChI is InChI=1S/C15H23NO3S/c1-20-8-12(13(17)18)16-14(19)15-5-9-2-10(6-15)4-11(3-9)7-15/h9-12H,2-8H2,1H3,(H,16,19)(H,17,18)/t9?,10?,11?,12-,15?/m0/s1. The lowest BCUT2D eigenvalue weighted by atomic mass is 9.49. The van der Waals surface area contributed by atoms with Crippen molar-refractivity contribution in [1.29, 1.82) is 0 Å². The molecule has 0 unspecified atom stereocenters. The van der Waals surface area contributed by atoms with Crippen LogP contribution in [0.3, 0.4) is 0 Å². The second kappa shape index (κ2) is 5.24. The van der Waals surface area contributed by atoms with Crippen LogP contribution in [0, 0.1) is 23.2 Å². The van der Waals surface area contributed by atoms with E-state index in [1.807, 2.05) is 6.26 Å².